The number of amides is 1. The lowest BCUT2D eigenvalue weighted by Gasteiger charge is -2.32. The van der Waals surface area contributed by atoms with Crippen molar-refractivity contribution in [1.29, 1.82) is 0 Å². The highest BCUT2D eigenvalue weighted by atomic mass is 35.5. The molecule has 1 atom stereocenters. The van der Waals surface area contributed by atoms with Crippen LogP contribution in [0, 0.1) is 0 Å². The number of imidazole rings is 1. The summed E-state index contributed by atoms with van der Waals surface area (Å²) in [6, 6.07) is 6.22. The van der Waals surface area contributed by atoms with Crippen molar-refractivity contribution in [3.63, 3.8) is 0 Å². The molecule has 25 heavy (non-hydrogen) atoms. The van der Waals surface area contributed by atoms with E-state index in [2.05, 4.69) is 27.2 Å². The van der Waals surface area contributed by atoms with Gasteiger partial charge in [0.2, 0.25) is 5.91 Å². The zero-order valence-corrected chi connectivity index (χ0v) is 15.6. The molecule has 0 radical (unpaired) electrons. The fraction of sp³-hybridized carbons (Fsp3) is 0.579. The zero-order valence-electron chi connectivity index (χ0n) is 14.9. The molecular formula is C19H27ClN4O. The van der Waals surface area contributed by atoms with E-state index in [-0.39, 0.29) is 5.91 Å². The molecule has 1 fully saturated rings. The van der Waals surface area contributed by atoms with Crippen molar-refractivity contribution in [2.45, 2.75) is 51.0 Å². The van der Waals surface area contributed by atoms with Crippen LogP contribution in [0.4, 0.5) is 0 Å². The van der Waals surface area contributed by atoms with Crippen molar-refractivity contribution in [2.24, 2.45) is 0 Å². The van der Waals surface area contributed by atoms with Gasteiger partial charge in [-0.2, -0.15) is 0 Å². The van der Waals surface area contributed by atoms with Gasteiger partial charge in [0, 0.05) is 30.5 Å². The van der Waals surface area contributed by atoms with Crippen molar-refractivity contribution in [1.82, 2.24) is 20.2 Å². The first-order valence-electron chi connectivity index (χ1n) is 9.23. The first-order chi connectivity index (χ1) is 12.1. The first kappa shape index (κ1) is 18.2. The third-order valence-electron chi connectivity index (χ3n) is 5.03. The Bertz CT molecular complexity index is 715. The molecule has 0 spiro atoms. The molecule has 2 heterocycles. The molecular weight excluding hydrogens is 336 g/mol. The van der Waals surface area contributed by atoms with E-state index in [1.54, 1.807) is 0 Å². The molecule has 1 aliphatic heterocycles. The van der Waals surface area contributed by atoms with Crippen molar-refractivity contribution in [2.75, 3.05) is 20.1 Å². The minimum Gasteiger partial charge on any atom is -0.356 e. The summed E-state index contributed by atoms with van der Waals surface area (Å²) in [5, 5.41) is 3.74. The molecule has 1 unspecified atom stereocenters. The van der Waals surface area contributed by atoms with E-state index in [9.17, 15) is 4.79 Å². The predicted octanol–water partition coefficient (Wildman–Crippen LogP) is 3.53. The van der Waals surface area contributed by atoms with E-state index < -0.39 is 0 Å². The molecule has 6 heteroatoms. The molecule has 1 aliphatic rings. The van der Waals surface area contributed by atoms with E-state index in [4.69, 9.17) is 11.6 Å². The number of fused-ring (bicyclic) bond motifs is 1. The molecule has 1 amide bonds. The molecule has 136 valence electrons. The number of aromatic nitrogens is 2. The lowest BCUT2D eigenvalue weighted by molar-refractivity contribution is -0.121. The van der Waals surface area contributed by atoms with Gasteiger partial charge >= 0.3 is 0 Å². The summed E-state index contributed by atoms with van der Waals surface area (Å²) >= 11 is 5.99. The van der Waals surface area contributed by atoms with Crippen molar-refractivity contribution in [3.8, 4) is 0 Å². The number of aryl methyl sites for hydroxylation is 1. The molecule has 0 saturated carbocycles. The quantitative estimate of drug-likeness (QED) is 0.741. The number of carbonyl (C=O) groups is 1. The summed E-state index contributed by atoms with van der Waals surface area (Å²) in [6.45, 7) is 1.85. The average molecular weight is 363 g/mol. The Labute approximate surface area is 154 Å². The van der Waals surface area contributed by atoms with Crippen molar-refractivity contribution < 1.29 is 4.79 Å². The number of piperidine rings is 1. The average Bonchev–Trinajstić information content (AvgIpc) is 3.00. The Morgan fingerprint density at radius 1 is 1.44 bits per heavy atom. The summed E-state index contributed by atoms with van der Waals surface area (Å²) in [6.07, 6.45) is 7.08. The van der Waals surface area contributed by atoms with Gasteiger partial charge in [0.15, 0.2) is 0 Å². The van der Waals surface area contributed by atoms with Crippen LogP contribution in [0.25, 0.3) is 11.0 Å². The number of nitrogens with one attached hydrogen (secondary N) is 2. The van der Waals surface area contributed by atoms with Crippen LogP contribution in [0.3, 0.4) is 0 Å². The molecule has 2 N–H and O–H groups in total. The van der Waals surface area contributed by atoms with Crippen LogP contribution < -0.4 is 5.32 Å². The Morgan fingerprint density at radius 3 is 3.16 bits per heavy atom. The molecule has 5 nitrogen and oxygen atoms in total. The molecule has 3 rings (SSSR count). The van der Waals surface area contributed by atoms with E-state index in [0.717, 1.165) is 42.7 Å². The van der Waals surface area contributed by atoms with Crippen LogP contribution in [0.5, 0.6) is 0 Å². The molecule has 2 aromatic rings. The fourth-order valence-electron chi connectivity index (χ4n) is 3.53. The standard InChI is InChI=1S/C19H27ClN4O/c1-24-12-3-2-5-15(24)8-10-19(25)21-11-4-6-18-22-16-9-7-14(20)13-17(16)23-18/h7,9,13,15H,2-6,8,10-12H2,1H3,(H,21,25)(H,22,23). The number of H-pyrrole nitrogens is 1. The van der Waals surface area contributed by atoms with Gasteiger partial charge in [-0.3, -0.25) is 4.79 Å². The number of likely N-dealkylation sites (tertiary alicyclic amines) is 1. The van der Waals surface area contributed by atoms with E-state index in [1.807, 2.05) is 18.2 Å². The highest BCUT2D eigenvalue weighted by Crippen LogP contribution is 2.19. The van der Waals surface area contributed by atoms with Gasteiger partial charge in [0.1, 0.15) is 5.82 Å². The number of hydrogen-bond acceptors (Lipinski definition) is 3. The molecule has 1 aromatic carbocycles. The van der Waals surface area contributed by atoms with Gasteiger partial charge in [0.25, 0.3) is 0 Å². The lowest BCUT2D eigenvalue weighted by atomic mass is 9.98. The molecule has 1 aromatic heterocycles. The van der Waals surface area contributed by atoms with E-state index >= 15 is 0 Å². The Hall–Kier alpha value is -1.59. The number of halogens is 1. The van der Waals surface area contributed by atoms with Crippen LogP contribution in [-0.4, -0.2) is 47.0 Å². The maximum atomic E-state index is 12.0. The second-order valence-corrected chi connectivity index (χ2v) is 7.40. The van der Waals surface area contributed by atoms with Crippen LogP contribution >= 0.6 is 11.6 Å². The van der Waals surface area contributed by atoms with Crippen molar-refractivity contribution >= 4 is 28.5 Å². The summed E-state index contributed by atoms with van der Waals surface area (Å²) in [4.78, 5) is 22.2. The largest absolute Gasteiger partial charge is 0.356 e. The number of benzene rings is 1. The topological polar surface area (TPSA) is 61.0 Å². The van der Waals surface area contributed by atoms with Gasteiger partial charge in [-0.15, -0.1) is 0 Å². The Kier molecular flexibility index (Phi) is 6.32. The monoisotopic (exact) mass is 362 g/mol. The summed E-state index contributed by atoms with van der Waals surface area (Å²) in [7, 11) is 2.17. The second kappa shape index (κ2) is 8.68. The third-order valence-corrected chi connectivity index (χ3v) is 5.27. The number of carbonyl (C=O) groups excluding carboxylic acids is 1. The van der Waals surface area contributed by atoms with Crippen LogP contribution in [0.15, 0.2) is 18.2 Å². The van der Waals surface area contributed by atoms with Gasteiger partial charge < -0.3 is 15.2 Å². The molecule has 0 bridgehead atoms. The minimum absolute atomic E-state index is 0.162. The fourth-order valence-corrected chi connectivity index (χ4v) is 3.70. The number of hydrogen-bond donors (Lipinski definition) is 2. The highest BCUT2D eigenvalue weighted by Gasteiger charge is 2.19. The van der Waals surface area contributed by atoms with Crippen molar-refractivity contribution in [3.05, 3.63) is 29.0 Å². The highest BCUT2D eigenvalue weighted by molar-refractivity contribution is 6.31. The van der Waals surface area contributed by atoms with Crippen LogP contribution in [0.1, 0.15) is 44.3 Å². The smallest absolute Gasteiger partial charge is 0.220 e. The van der Waals surface area contributed by atoms with Gasteiger partial charge in [0.05, 0.1) is 11.0 Å². The normalized spacial score (nSPS) is 18.6. The number of aromatic amines is 1. The van der Waals surface area contributed by atoms with Crippen LogP contribution in [0.2, 0.25) is 5.02 Å². The maximum Gasteiger partial charge on any atom is 0.220 e. The zero-order chi connectivity index (χ0) is 17.6. The number of rotatable bonds is 7. The van der Waals surface area contributed by atoms with Crippen LogP contribution in [-0.2, 0) is 11.2 Å². The summed E-state index contributed by atoms with van der Waals surface area (Å²) < 4.78 is 0. The lowest BCUT2D eigenvalue weighted by Crippen LogP contribution is -2.37. The Balaban J connectivity index is 1.35. The van der Waals surface area contributed by atoms with Gasteiger partial charge in [-0.25, -0.2) is 4.98 Å². The maximum absolute atomic E-state index is 12.0. The minimum atomic E-state index is 0.162. The first-order valence-corrected chi connectivity index (χ1v) is 9.61. The third kappa shape index (κ3) is 5.19. The Morgan fingerprint density at radius 2 is 2.32 bits per heavy atom. The van der Waals surface area contributed by atoms with E-state index in [1.165, 1.54) is 19.3 Å². The molecule has 0 aliphatic carbocycles. The molecule has 1 saturated heterocycles. The predicted molar refractivity (Wildman–Crippen MR) is 102 cm³/mol. The van der Waals surface area contributed by atoms with E-state index in [0.29, 0.717) is 24.0 Å². The second-order valence-electron chi connectivity index (χ2n) is 6.97. The van der Waals surface area contributed by atoms with Gasteiger partial charge in [-0.1, -0.05) is 18.0 Å². The summed E-state index contributed by atoms with van der Waals surface area (Å²) in [5.41, 5.74) is 1.89. The number of nitrogens with zero attached hydrogens (tertiary/aromatic N) is 2. The SMILES string of the molecule is CN1CCCCC1CCC(=O)NCCCc1nc2ccc(Cl)cc2[nH]1. The van der Waals surface area contributed by atoms with Gasteiger partial charge in [-0.05, 0) is 57.5 Å². The summed E-state index contributed by atoms with van der Waals surface area (Å²) in [5.74, 6) is 1.10.